The molecule has 0 amide bonds. The molecule has 3 N–H and O–H groups in total. The average Bonchev–Trinajstić information content (AvgIpc) is 3.19. The third-order valence-corrected chi connectivity index (χ3v) is 4.44. The molecule has 1 saturated heterocycles. The van der Waals surface area contributed by atoms with Gasteiger partial charge in [-0.25, -0.2) is 0 Å². The molecule has 0 aliphatic carbocycles. The molecule has 8 heteroatoms. The minimum atomic E-state index is -0.00713. The van der Waals surface area contributed by atoms with Gasteiger partial charge in [-0.05, 0) is 38.2 Å². The molecule has 1 aliphatic heterocycles. The minimum absolute atomic E-state index is 0. The second kappa shape index (κ2) is 11.7. The highest BCUT2D eigenvalue weighted by atomic mass is 127. The summed E-state index contributed by atoms with van der Waals surface area (Å²) < 4.78 is 7.36. The lowest BCUT2D eigenvalue weighted by molar-refractivity contribution is 0.131. The number of nitrogens with one attached hydrogen (secondary N) is 2. The summed E-state index contributed by atoms with van der Waals surface area (Å²) >= 11 is 0. The molecule has 0 radical (unpaired) electrons. The van der Waals surface area contributed by atoms with E-state index in [9.17, 15) is 5.11 Å². The first-order valence-corrected chi connectivity index (χ1v) is 8.86. The van der Waals surface area contributed by atoms with Gasteiger partial charge in [0.1, 0.15) is 0 Å². The number of aliphatic hydroxyl groups excluding tert-OH is 1. The number of aromatic nitrogens is 2. The Kier molecular flexibility index (Phi) is 10.4. The number of aliphatic imine (C=N–C) groups is 1. The number of rotatable bonds is 9. The number of hydrogen-bond acceptors (Lipinski definition) is 4. The van der Waals surface area contributed by atoms with Crippen LogP contribution in [0.2, 0.25) is 0 Å². The number of aliphatic hydroxyl groups is 1. The minimum Gasteiger partial charge on any atom is -0.396 e. The molecule has 1 aromatic heterocycles. The van der Waals surface area contributed by atoms with Gasteiger partial charge in [0.05, 0.1) is 19.3 Å². The van der Waals surface area contributed by atoms with Crippen LogP contribution in [0.4, 0.5) is 0 Å². The fraction of sp³-hybridized carbons (Fsp3) is 0.765. The van der Waals surface area contributed by atoms with Crippen LogP contribution in [0.25, 0.3) is 0 Å². The van der Waals surface area contributed by atoms with Gasteiger partial charge in [0.25, 0.3) is 0 Å². The summed E-state index contributed by atoms with van der Waals surface area (Å²) in [5, 5.41) is 20.2. The highest BCUT2D eigenvalue weighted by Gasteiger charge is 2.34. The quantitative estimate of drug-likeness (QED) is 0.222. The molecule has 144 valence electrons. The molecule has 0 saturated carbocycles. The second-order valence-electron chi connectivity index (χ2n) is 6.52. The first-order chi connectivity index (χ1) is 11.7. The van der Waals surface area contributed by atoms with Gasteiger partial charge in [0, 0.05) is 45.0 Å². The number of ether oxygens (including phenoxy) is 1. The summed E-state index contributed by atoms with van der Waals surface area (Å²) in [7, 11) is 1.94. The standard InChI is InChI=1S/C17H31N5O2.HI/c1-3-18-16(19-8-4-5-15-11-21-22(2)12-15)20-13-17(6-9-23)7-10-24-14-17;/h11-12,23H,3-10,13-14H2,1-2H3,(H2,18,19,20);1H. The molecule has 1 atom stereocenters. The van der Waals surface area contributed by atoms with Crippen molar-refractivity contribution in [1.82, 2.24) is 20.4 Å². The fourth-order valence-electron chi connectivity index (χ4n) is 2.98. The molecule has 1 unspecified atom stereocenters. The molecule has 2 rings (SSSR count). The van der Waals surface area contributed by atoms with E-state index in [0.29, 0.717) is 13.2 Å². The van der Waals surface area contributed by atoms with E-state index in [2.05, 4.69) is 28.9 Å². The van der Waals surface area contributed by atoms with Crippen molar-refractivity contribution in [2.45, 2.75) is 32.6 Å². The van der Waals surface area contributed by atoms with Gasteiger partial charge >= 0.3 is 0 Å². The molecule has 1 fully saturated rings. The van der Waals surface area contributed by atoms with Crippen LogP contribution < -0.4 is 10.6 Å². The van der Waals surface area contributed by atoms with Crippen LogP contribution in [0.5, 0.6) is 0 Å². The van der Waals surface area contributed by atoms with Gasteiger partial charge in [-0.15, -0.1) is 24.0 Å². The lowest BCUT2D eigenvalue weighted by Gasteiger charge is -2.24. The summed E-state index contributed by atoms with van der Waals surface area (Å²) in [6, 6.07) is 0. The van der Waals surface area contributed by atoms with Crippen LogP contribution in [-0.4, -0.2) is 60.3 Å². The van der Waals surface area contributed by atoms with Crippen molar-refractivity contribution >= 4 is 29.9 Å². The smallest absolute Gasteiger partial charge is 0.191 e. The van der Waals surface area contributed by atoms with Gasteiger partial charge in [-0.3, -0.25) is 9.67 Å². The Morgan fingerprint density at radius 2 is 2.32 bits per heavy atom. The Bertz CT molecular complexity index is 515. The van der Waals surface area contributed by atoms with Crippen LogP contribution >= 0.6 is 24.0 Å². The highest BCUT2D eigenvalue weighted by Crippen LogP contribution is 2.32. The second-order valence-corrected chi connectivity index (χ2v) is 6.52. The van der Waals surface area contributed by atoms with E-state index in [1.807, 2.05) is 17.9 Å². The zero-order valence-electron chi connectivity index (χ0n) is 15.3. The summed E-state index contributed by atoms with van der Waals surface area (Å²) in [6.07, 6.45) is 7.72. The Morgan fingerprint density at radius 1 is 1.48 bits per heavy atom. The van der Waals surface area contributed by atoms with E-state index < -0.39 is 0 Å². The van der Waals surface area contributed by atoms with Crippen molar-refractivity contribution < 1.29 is 9.84 Å². The van der Waals surface area contributed by atoms with Crippen LogP contribution in [0, 0.1) is 5.41 Å². The van der Waals surface area contributed by atoms with Gasteiger partial charge in [0.15, 0.2) is 5.96 Å². The summed E-state index contributed by atoms with van der Waals surface area (Å²) in [4.78, 5) is 4.72. The van der Waals surface area contributed by atoms with Gasteiger partial charge < -0.3 is 20.5 Å². The predicted molar refractivity (Wildman–Crippen MR) is 110 cm³/mol. The van der Waals surface area contributed by atoms with E-state index in [4.69, 9.17) is 9.73 Å². The van der Waals surface area contributed by atoms with E-state index in [1.54, 1.807) is 0 Å². The van der Waals surface area contributed by atoms with Crippen molar-refractivity contribution in [3.8, 4) is 0 Å². The monoisotopic (exact) mass is 465 g/mol. The number of aryl methyl sites for hydroxylation is 2. The van der Waals surface area contributed by atoms with E-state index in [0.717, 1.165) is 51.3 Å². The van der Waals surface area contributed by atoms with Gasteiger partial charge in [0.2, 0.25) is 0 Å². The molecule has 25 heavy (non-hydrogen) atoms. The van der Waals surface area contributed by atoms with E-state index in [1.165, 1.54) is 5.56 Å². The summed E-state index contributed by atoms with van der Waals surface area (Å²) in [5.41, 5.74) is 1.25. The van der Waals surface area contributed by atoms with Crippen molar-refractivity contribution in [2.75, 3.05) is 39.5 Å². The Morgan fingerprint density at radius 3 is 2.92 bits per heavy atom. The maximum Gasteiger partial charge on any atom is 0.191 e. The van der Waals surface area contributed by atoms with Crippen molar-refractivity contribution in [2.24, 2.45) is 17.5 Å². The molecule has 1 aromatic rings. The molecule has 7 nitrogen and oxygen atoms in total. The summed E-state index contributed by atoms with van der Waals surface area (Å²) in [6.45, 7) is 6.10. The van der Waals surface area contributed by atoms with Crippen molar-refractivity contribution in [1.29, 1.82) is 0 Å². The Labute approximate surface area is 167 Å². The molecule has 1 aliphatic rings. The maximum absolute atomic E-state index is 9.30. The molecule has 0 bridgehead atoms. The average molecular weight is 465 g/mol. The molecule has 0 spiro atoms. The molecule has 2 heterocycles. The van der Waals surface area contributed by atoms with Crippen LogP contribution in [0.3, 0.4) is 0 Å². The van der Waals surface area contributed by atoms with Crippen LogP contribution in [-0.2, 0) is 18.2 Å². The third-order valence-electron chi connectivity index (χ3n) is 4.44. The van der Waals surface area contributed by atoms with Gasteiger partial charge in [-0.1, -0.05) is 0 Å². The third kappa shape index (κ3) is 7.49. The van der Waals surface area contributed by atoms with Crippen LogP contribution in [0.15, 0.2) is 17.4 Å². The number of guanidine groups is 1. The summed E-state index contributed by atoms with van der Waals surface area (Å²) in [5.74, 6) is 0.841. The number of hydrogen-bond donors (Lipinski definition) is 3. The topological polar surface area (TPSA) is 83.7 Å². The number of nitrogens with zero attached hydrogens (tertiary/aromatic N) is 3. The molecule has 0 aromatic carbocycles. The van der Waals surface area contributed by atoms with Gasteiger partial charge in [-0.2, -0.15) is 5.10 Å². The Balaban J connectivity index is 0.00000312. The van der Waals surface area contributed by atoms with Crippen molar-refractivity contribution in [3.05, 3.63) is 18.0 Å². The zero-order valence-corrected chi connectivity index (χ0v) is 17.7. The first-order valence-electron chi connectivity index (χ1n) is 8.86. The highest BCUT2D eigenvalue weighted by molar-refractivity contribution is 14.0. The zero-order chi connectivity index (χ0) is 17.3. The Hall–Kier alpha value is -0.870. The van der Waals surface area contributed by atoms with E-state index >= 15 is 0 Å². The van der Waals surface area contributed by atoms with Crippen LogP contribution in [0.1, 0.15) is 31.7 Å². The lowest BCUT2D eigenvalue weighted by Crippen LogP contribution is -2.39. The lowest BCUT2D eigenvalue weighted by atomic mass is 9.84. The first kappa shape index (κ1) is 22.2. The predicted octanol–water partition coefficient (Wildman–Crippen LogP) is 1.31. The normalized spacial score (nSPS) is 20.4. The molecular weight excluding hydrogens is 433 g/mol. The maximum atomic E-state index is 9.30. The number of halogens is 1. The molecular formula is C17H32IN5O2. The SMILES string of the molecule is CCNC(=NCC1(CCO)CCOC1)NCCCc1cnn(C)c1.I. The van der Waals surface area contributed by atoms with E-state index in [-0.39, 0.29) is 36.0 Å². The van der Waals surface area contributed by atoms with Crippen molar-refractivity contribution in [3.63, 3.8) is 0 Å². The fourth-order valence-corrected chi connectivity index (χ4v) is 2.98. The largest absolute Gasteiger partial charge is 0.396 e.